The number of nitrogens with zero attached hydrogens (tertiary/aromatic N) is 2. The van der Waals surface area contributed by atoms with Crippen LogP contribution in [0.15, 0.2) is 18.2 Å². The fraction of sp³-hybridized carbons (Fsp3) is 0.462. The van der Waals surface area contributed by atoms with E-state index in [0.29, 0.717) is 6.04 Å². The Hall–Kier alpha value is -1.13. The topological polar surface area (TPSA) is 24.0 Å². The van der Waals surface area contributed by atoms with Gasteiger partial charge in [-0.15, -0.1) is 0 Å². The van der Waals surface area contributed by atoms with E-state index in [4.69, 9.17) is 12.2 Å². The average Bonchev–Trinajstić information content (AvgIpc) is 2.55. The Morgan fingerprint density at radius 3 is 2.76 bits per heavy atom. The van der Waals surface area contributed by atoms with Crippen molar-refractivity contribution in [3.63, 3.8) is 0 Å². The second-order valence-electron chi connectivity index (χ2n) is 4.88. The van der Waals surface area contributed by atoms with Crippen molar-refractivity contribution in [3.05, 3.63) is 28.5 Å². The lowest BCUT2D eigenvalue weighted by Gasteiger charge is -2.19. The number of fused-ring (bicyclic) bond motifs is 1. The van der Waals surface area contributed by atoms with Crippen LogP contribution in [0.2, 0.25) is 0 Å². The fourth-order valence-corrected chi connectivity index (χ4v) is 2.72. The Labute approximate surface area is 107 Å². The smallest absolute Gasteiger partial charge is 0.178 e. The van der Waals surface area contributed by atoms with Crippen LogP contribution >= 0.6 is 12.2 Å². The molecule has 1 aromatic carbocycles. The number of para-hydroxylation sites is 1. The zero-order chi connectivity index (χ0) is 12.6. The average molecular weight is 249 g/mol. The predicted molar refractivity (Wildman–Crippen MR) is 75.1 cm³/mol. The Morgan fingerprint density at radius 2 is 2.12 bits per heavy atom. The Balaban J connectivity index is 2.57. The van der Waals surface area contributed by atoms with Crippen LogP contribution in [0.1, 0.15) is 18.5 Å². The highest BCUT2D eigenvalue weighted by molar-refractivity contribution is 7.71. The van der Waals surface area contributed by atoms with E-state index in [1.54, 1.807) is 0 Å². The highest BCUT2D eigenvalue weighted by atomic mass is 32.1. The molecule has 92 valence electrons. The van der Waals surface area contributed by atoms with Gasteiger partial charge in [0.2, 0.25) is 0 Å². The molecular weight excluding hydrogens is 230 g/mol. The molecular formula is C13H19N3S. The summed E-state index contributed by atoms with van der Waals surface area (Å²) in [5.41, 5.74) is 3.59. The number of hydrogen-bond acceptors (Lipinski definition) is 2. The number of nitrogens with one attached hydrogen (secondary N) is 1. The van der Waals surface area contributed by atoms with Crippen LogP contribution in [-0.2, 0) is 0 Å². The standard InChI is InChI=1S/C13H19N3S/c1-9-6-5-7-11-12(9)14-13(17)16(11)10(2)8-15(3)4/h5-7,10H,8H2,1-4H3,(H,14,17). The number of imidazole rings is 1. The van der Waals surface area contributed by atoms with Crippen LogP contribution in [0.3, 0.4) is 0 Å². The van der Waals surface area contributed by atoms with Crippen LogP contribution in [-0.4, -0.2) is 35.1 Å². The van der Waals surface area contributed by atoms with Gasteiger partial charge in [-0.05, 0) is 51.8 Å². The molecule has 2 aromatic rings. The van der Waals surface area contributed by atoms with Gasteiger partial charge < -0.3 is 14.5 Å². The molecule has 0 saturated heterocycles. The molecule has 0 aliphatic carbocycles. The fourth-order valence-electron chi connectivity index (χ4n) is 2.34. The molecule has 2 rings (SSSR count). The van der Waals surface area contributed by atoms with Gasteiger partial charge in [0.05, 0.1) is 11.0 Å². The number of rotatable bonds is 3. The number of H-pyrrole nitrogens is 1. The Bertz CT molecular complexity index is 580. The lowest BCUT2D eigenvalue weighted by molar-refractivity contribution is 0.339. The molecule has 0 fully saturated rings. The van der Waals surface area contributed by atoms with E-state index in [1.165, 1.54) is 11.1 Å². The van der Waals surface area contributed by atoms with Crippen LogP contribution < -0.4 is 0 Å². The predicted octanol–water partition coefficient (Wildman–Crippen LogP) is 3.13. The first-order valence-corrected chi connectivity index (χ1v) is 6.26. The van der Waals surface area contributed by atoms with Crippen LogP contribution in [0.5, 0.6) is 0 Å². The summed E-state index contributed by atoms with van der Waals surface area (Å²) in [7, 11) is 4.17. The number of benzene rings is 1. The minimum Gasteiger partial charge on any atom is -0.330 e. The van der Waals surface area contributed by atoms with Crippen molar-refractivity contribution in [2.45, 2.75) is 19.9 Å². The van der Waals surface area contributed by atoms with Crippen molar-refractivity contribution >= 4 is 23.3 Å². The van der Waals surface area contributed by atoms with Gasteiger partial charge in [0.15, 0.2) is 4.77 Å². The summed E-state index contributed by atoms with van der Waals surface area (Å²) < 4.78 is 3.01. The number of aryl methyl sites for hydroxylation is 1. The lowest BCUT2D eigenvalue weighted by atomic mass is 10.2. The van der Waals surface area contributed by atoms with Gasteiger partial charge in [-0.25, -0.2) is 0 Å². The molecule has 1 aromatic heterocycles. The molecule has 1 heterocycles. The molecule has 0 aliphatic heterocycles. The van der Waals surface area contributed by atoms with E-state index >= 15 is 0 Å². The van der Waals surface area contributed by atoms with Gasteiger partial charge >= 0.3 is 0 Å². The van der Waals surface area contributed by atoms with Crippen molar-refractivity contribution in [1.82, 2.24) is 14.5 Å². The van der Waals surface area contributed by atoms with E-state index in [9.17, 15) is 0 Å². The Morgan fingerprint density at radius 1 is 1.41 bits per heavy atom. The van der Waals surface area contributed by atoms with E-state index in [1.807, 2.05) is 0 Å². The van der Waals surface area contributed by atoms with Crippen molar-refractivity contribution in [2.24, 2.45) is 0 Å². The number of aromatic amines is 1. The third-order valence-electron chi connectivity index (χ3n) is 3.03. The monoisotopic (exact) mass is 249 g/mol. The maximum atomic E-state index is 5.43. The summed E-state index contributed by atoms with van der Waals surface area (Å²) in [6.45, 7) is 5.29. The molecule has 3 nitrogen and oxygen atoms in total. The largest absolute Gasteiger partial charge is 0.330 e. The Kier molecular flexibility index (Phi) is 3.35. The summed E-state index contributed by atoms with van der Waals surface area (Å²) in [6.07, 6.45) is 0. The number of hydrogen-bond donors (Lipinski definition) is 1. The quantitative estimate of drug-likeness (QED) is 0.845. The van der Waals surface area contributed by atoms with E-state index < -0.39 is 0 Å². The summed E-state index contributed by atoms with van der Waals surface area (Å²) in [4.78, 5) is 5.49. The van der Waals surface area contributed by atoms with Gasteiger partial charge in [-0.3, -0.25) is 0 Å². The van der Waals surface area contributed by atoms with Gasteiger partial charge in [0.1, 0.15) is 0 Å². The first kappa shape index (κ1) is 12.3. The maximum Gasteiger partial charge on any atom is 0.178 e. The zero-order valence-corrected chi connectivity index (χ0v) is 11.6. The summed E-state index contributed by atoms with van der Waals surface area (Å²) >= 11 is 5.43. The number of aromatic nitrogens is 2. The summed E-state index contributed by atoms with van der Waals surface area (Å²) in [5, 5.41) is 0. The van der Waals surface area contributed by atoms with Crippen molar-refractivity contribution in [1.29, 1.82) is 0 Å². The second-order valence-corrected chi connectivity index (χ2v) is 5.27. The van der Waals surface area contributed by atoms with Crippen molar-refractivity contribution in [3.8, 4) is 0 Å². The van der Waals surface area contributed by atoms with E-state index in [2.05, 4.69) is 60.6 Å². The molecule has 1 N–H and O–H groups in total. The molecule has 0 amide bonds. The number of likely N-dealkylation sites (N-methyl/N-ethyl adjacent to an activating group) is 1. The van der Waals surface area contributed by atoms with Crippen molar-refractivity contribution in [2.75, 3.05) is 20.6 Å². The molecule has 0 aliphatic rings. The summed E-state index contributed by atoms with van der Waals surface area (Å²) in [5.74, 6) is 0. The second kappa shape index (κ2) is 4.63. The highest BCUT2D eigenvalue weighted by Gasteiger charge is 2.12. The molecule has 0 saturated carbocycles. The molecule has 0 spiro atoms. The van der Waals surface area contributed by atoms with Gasteiger partial charge in [-0.1, -0.05) is 12.1 Å². The van der Waals surface area contributed by atoms with Crippen LogP contribution in [0.4, 0.5) is 0 Å². The normalized spacial score (nSPS) is 13.5. The molecule has 4 heteroatoms. The third kappa shape index (κ3) is 2.28. The SMILES string of the molecule is Cc1cccc2c1[nH]c(=S)n2C(C)CN(C)C. The first-order valence-electron chi connectivity index (χ1n) is 5.85. The minimum absolute atomic E-state index is 0.369. The van der Waals surface area contributed by atoms with Gasteiger partial charge in [-0.2, -0.15) is 0 Å². The highest BCUT2D eigenvalue weighted by Crippen LogP contribution is 2.21. The van der Waals surface area contributed by atoms with Gasteiger partial charge in [0, 0.05) is 12.6 Å². The van der Waals surface area contributed by atoms with E-state index in [0.717, 1.165) is 16.8 Å². The first-order chi connectivity index (χ1) is 8.00. The summed E-state index contributed by atoms with van der Waals surface area (Å²) in [6, 6.07) is 6.68. The third-order valence-corrected chi connectivity index (χ3v) is 3.33. The van der Waals surface area contributed by atoms with Crippen LogP contribution in [0.25, 0.3) is 11.0 Å². The van der Waals surface area contributed by atoms with Crippen LogP contribution in [0, 0.1) is 11.7 Å². The molecule has 0 radical (unpaired) electrons. The van der Waals surface area contributed by atoms with E-state index in [-0.39, 0.29) is 0 Å². The van der Waals surface area contributed by atoms with Crippen molar-refractivity contribution < 1.29 is 0 Å². The maximum absolute atomic E-state index is 5.43. The molecule has 0 bridgehead atoms. The molecule has 1 unspecified atom stereocenters. The zero-order valence-electron chi connectivity index (χ0n) is 10.8. The minimum atomic E-state index is 0.369. The lowest BCUT2D eigenvalue weighted by Crippen LogP contribution is -2.22. The molecule has 1 atom stereocenters. The molecule has 17 heavy (non-hydrogen) atoms. The van der Waals surface area contributed by atoms with Gasteiger partial charge in [0.25, 0.3) is 0 Å².